The second-order valence-corrected chi connectivity index (χ2v) is 9.32. The Bertz CT molecular complexity index is 666. The van der Waals surface area contributed by atoms with Gasteiger partial charge in [0.25, 0.3) is 0 Å². The first kappa shape index (κ1) is 21.2. The van der Waals surface area contributed by atoms with Gasteiger partial charge in [0.05, 0.1) is 4.90 Å². The van der Waals surface area contributed by atoms with E-state index in [9.17, 15) is 13.2 Å². The van der Waals surface area contributed by atoms with E-state index in [-0.39, 0.29) is 10.8 Å². The molecule has 2 rings (SSSR count). The molecular weight excluding hydrogens is 370 g/mol. The summed E-state index contributed by atoms with van der Waals surface area (Å²) in [5.41, 5.74) is 0. The Kier molecular flexibility index (Phi) is 8.40. The van der Waals surface area contributed by atoms with E-state index in [1.165, 1.54) is 0 Å². The van der Waals surface area contributed by atoms with Gasteiger partial charge < -0.3 is 10.2 Å². The van der Waals surface area contributed by atoms with Crippen LogP contribution in [-0.4, -0.2) is 64.0 Å². The molecule has 146 valence electrons. The molecule has 0 spiro atoms. The number of carbonyl (C=O) groups excluding carboxylic acids is 1. The fourth-order valence-electron chi connectivity index (χ4n) is 3.26. The van der Waals surface area contributed by atoms with Crippen molar-refractivity contribution < 1.29 is 13.2 Å². The molecule has 1 amide bonds. The third-order valence-electron chi connectivity index (χ3n) is 4.58. The molecule has 1 aromatic carbocycles. The van der Waals surface area contributed by atoms with Gasteiger partial charge in [-0.1, -0.05) is 18.2 Å². The van der Waals surface area contributed by atoms with Crippen molar-refractivity contribution in [2.45, 2.75) is 30.2 Å². The maximum atomic E-state index is 13.0. The zero-order chi connectivity index (χ0) is 19.0. The number of rotatable bonds is 9. The molecule has 1 aromatic rings. The lowest BCUT2D eigenvalue weighted by molar-refractivity contribution is -0.134. The van der Waals surface area contributed by atoms with Gasteiger partial charge >= 0.3 is 0 Å². The van der Waals surface area contributed by atoms with E-state index in [4.69, 9.17) is 0 Å². The van der Waals surface area contributed by atoms with E-state index >= 15 is 0 Å². The number of carbonyl (C=O) groups is 1. The Balaban J connectivity index is 2.12. The molecule has 0 aromatic heterocycles. The number of benzene rings is 1. The first-order valence-electron chi connectivity index (χ1n) is 8.97. The molecule has 1 aliphatic heterocycles. The van der Waals surface area contributed by atoms with Crippen molar-refractivity contribution in [2.75, 3.05) is 38.7 Å². The number of hydrogen-bond donors (Lipinski definition) is 2. The van der Waals surface area contributed by atoms with Crippen LogP contribution in [0, 0.1) is 5.92 Å². The van der Waals surface area contributed by atoms with E-state index in [2.05, 4.69) is 10.0 Å². The SMILES string of the molecule is CNCC1CCCN(C(=O)C(CCSC)NS(=O)(=O)c2ccccc2)C1. The monoisotopic (exact) mass is 399 g/mol. The van der Waals surface area contributed by atoms with E-state index in [1.807, 2.05) is 18.2 Å². The highest BCUT2D eigenvalue weighted by atomic mass is 32.2. The van der Waals surface area contributed by atoms with E-state index < -0.39 is 16.1 Å². The van der Waals surface area contributed by atoms with Gasteiger partial charge in [-0.25, -0.2) is 8.42 Å². The maximum absolute atomic E-state index is 13.0. The van der Waals surface area contributed by atoms with E-state index in [1.54, 1.807) is 42.1 Å². The van der Waals surface area contributed by atoms with Crippen molar-refractivity contribution >= 4 is 27.7 Å². The highest BCUT2D eigenvalue weighted by molar-refractivity contribution is 7.98. The molecule has 6 nitrogen and oxygen atoms in total. The Morgan fingerprint density at radius 2 is 2.08 bits per heavy atom. The van der Waals surface area contributed by atoms with Crippen LogP contribution in [0.3, 0.4) is 0 Å². The lowest BCUT2D eigenvalue weighted by atomic mass is 9.97. The van der Waals surface area contributed by atoms with Crippen LogP contribution < -0.4 is 10.0 Å². The number of hydrogen-bond acceptors (Lipinski definition) is 5. The molecule has 1 saturated heterocycles. The van der Waals surface area contributed by atoms with Crippen LogP contribution in [0.4, 0.5) is 0 Å². The number of nitrogens with zero attached hydrogens (tertiary/aromatic N) is 1. The highest BCUT2D eigenvalue weighted by Crippen LogP contribution is 2.18. The van der Waals surface area contributed by atoms with Gasteiger partial charge in [-0.15, -0.1) is 0 Å². The summed E-state index contributed by atoms with van der Waals surface area (Å²) in [6.07, 6.45) is 4.49. The van der Waals surface area contributed by atoms with Crippen molar-refractivity contribution in [1.29, 1.82) is 0 Å². The Morgan fingerprint density at radius 3 is 2.73 bits per heavy atom. The largest absolute Gasteiger partial charge is 0.341 e. The van der Waals surface area contributed by atoms with E-state index in [0.717, 1.165) is 25.1 Å². The van der Waals surface area contributed by atoms with Crippen LogP contribution in [0.15, 0.2) is 35.2 Å². The lowest BCUT2D eigenvalue weighted by Gasteiger charge is -2.35. The van der Waals surface area contributed by atoms with Gasteiger partial charge in [-0.05, 0) is 62.9 Å². The van der Waals surface area contributed by atoms with Crippen LogP contribution >= 0.6 is 11.8 Å². The molecule has 8 heteroatoms. The number of nitrogens with one attached hydrogen (secondary N) is 2. The molecule has 2 unspecified atom stereocenters. The van der Waals surface area contributed by atoms with Crippen LogP contribution in [0.25, 0.3) is 0 Å². The first-order chi connectivity index (χ1) is 12.5. The molecule has 1 aliphatic rings. The zero-order valence-electron chi connectivity index (χ0n) is 15.5. The molecular formula is C18H29N3O3S2. The summed E-state index contributed by atoms with van der Waals surface area (Å²) in [4.78, 5) is 15.0. The predicted octanol–water partition coefficient (Wildman–Crippen LogP) is 1.54. The number of piperidine rings is 1. The van der Waals surface area contributed by atoms with Crippen molar-refractivity contribution in [3.05, 3.63) is 30.3 Å². The molecule has 2 N–H and O–H groups in total. The lowest BCUT2D eigenvalue weighted by Crippen LogP contribution is -2.52. The summed E-state index contributed by atoms with van der Waals surface area (Å²) >= 11 is 1.61. The Morgan fingerprint density at radius 1 is 1.35 bits per heavy atom. The van der Waals surface area contributed by atoms with Gasteiger partial charge in [-0.2, -0.15) is 16.5 Å². The number of sulfonamides is 1. The molecule has 0 radical (unpaired) electrons. The fourth-order valence-corrected chi connectivity index (χ4v) is 4.98. The average Bonchev–Trinajstić information content (AvgIpc) is 2.66. The van der Waals surface area contributed by atoms with Gasteiger partial charge in [0.2, 0.25) is 15.9 Å². The standard InChI is InChI=1S/C18H29N3O3S2/c1-19-13-15-7-6-11-21(14-15)18(22)17(10-12-25-2)20-26(23,24)16-8-4-3-5-9-16/h3-5,8-9,15,17,19-20H,6-7,10-14H2,1-2H3. The van der Waals surface area contributed by atoms with Crippen molar-refractivity contribution in [3.63, 3.8) is 0 Å². The third-order valence-corrected chi connectivity index (χ3v) is 6.71. The maximum Gasteiger partial charge on any atom is 0.241 e. The number of likely N-dealkylation sites (tertiary alicyclic amines) is 1. The summed E-state index contributed by atoms with van der Waals surface area (Å²) in [5.74, 6) is 1.03. The molecule has 1 fully saturated rings. The first-order valence-corrected chi connectivity index (χ1v) is 11.9. The van der Waals surface area contributed by atoms with Crippen LogP contribution in [-0.2, 0) is 14.8 Å². The normalized spacial score (nSPS) is 19.3. The van der Waals surface area contributed by atoms with E-state index in [0.29, 0.717) is 25.4 Å². The van der Waals surface area contributed by atoms with Gasteiger partial charge in [0.15, 0.2) is 0 Å². The van der Waals surface area contributed by atoms with Crippen molar-refractivity contribution in [2.24, 2.45) is 5.92 Å². The summed E-state index contributed by atoms with van der Waals surface area (Å²) in [6.45, 7) is 2.25. The minimum atomic E-state index is -3.72. The quantitative estimate of drug-likeness (QED) is 0.659. The smallest absolute Gasteiger partial charge is 0.241 e. The van der Waals surface area contributed by atoms with Crippen LogP contribution in [0.1, 0.15) is 19.3 Å². The fraction of sp³-hybridized carbons (Fsp3) is 0.611. The summed E-state index contributed by atoms with van der Waals surface area (Å²) in [5, 5.41) is 3.17. The average molecular weight is 400 g/mol. The molecule has 0 aliphatic carbocycles. The highest BCUT2D eigenvalue weighted by Gasteiger charge is 2.31. The molecule has 0 saturated carbocycles. The van der Waals surface area contributed by atoms with Crippen LogP contribution in [0.2, 0.25) is 0 Å². The number of thioether (sulfide) groups is 1. The van der Waals surface area contributed by atoms with Gasteiger partial charge in [0, 0.05) is 13.1 Å². The Hall–Kier alpha value is -1.09. The molecule has 1 heterocycles. The second-order valence-electron chi connectivity index (χ2n) is 6.62. The minimum Gasteiger partial charge on any atom is -0.341 e. The van der Waals surface area contributed by atoms with Crippen molar-refractivity contribution in [3.8, 4) is 0 Å². The second kappa shape index (κ2) is 10.3. The summed E-state index contributed by atoms with van der Waals surface area (Å²) in [6, 6.07) is 7.50. The third kappa shape index (κ3) is 5.97. The topological polar surface area (TPSA) is 78.5 Å². The van der Waals surface area contributed by atoms with Crippen LogP contribution in [0.5, 0.6) is 0 Å². The van der Waals surface area contributed by atoms with Crippen molar-refractivity contribution in [1.82, 2.24) is 14.9 Å². The predicted molar refractivity (Wildman–Crippen MR) is 107 cm³/mol. The molecule has 2 atom stereocenters. The molecule has 26 heavy (non-hydrogen) atoms. The van der Waals surface area contributed by atoms with Gasteiger partial charge in [0.1, 0.15) is 6.04 Å². The Labute approximate surface area is 161 Å². The summed E-state index contributed by atoms with van der Waals surface area (Å²) in [7, 11) is -1.80. The summed E-state index contributed by atoms with van der Waals surface area (Å²) < 4.78 is 28.0. The minimum absolute atomic E-state index is 0.112. The van der Waals surface area contributed by atoms with Gasteiger partial charge in [-0.3, -0.25) is 4.79 Å². The zero-order valence-corrected chi connectivity index (χ0v) is 17.1. The molecule has 0 bridgehead atoms. The number of amides is 1.